The highest BCUT2D eigenvalue weighted by atomic mass is 16.2. The molecule has 0 radical (unpaired) electrons. The van der Waals surface area contributed by atoms with Crippen molar-refractivity contribution in [1.82, 2.24) is 4.90 Å². The van der Waals surface area contributed by atoms with Crippen molar-refractivity contribution < 1.29 is 9.59 Å². The van der Waals surface area contributed by atoms with Crippen LogP contribution in [0.2, 0.25) is 0 Å². The van der Waals surface area contributed by atoms with Gasteiger partial charge in [0.1, 0.15) is 0 Å². The number of hydrogen-bond acceptors (Lipinski definition) is 2. The number of carbonyl (C=O) groups excluding carboxylic acids is 2. The Morgan fingerprint density at radius 3 is 2.56 bits per heavy atom. The fourth-order valence-corrected chi connectivity index (χ4v) is 2.89. The van der Waals surface area contributed by atoms with Gasteiger partial charge in [0.15, 0.2) is 0 Å². The molecule has 0 saturated carbocycles. The molecule has 1 atom stereocenters. The van der Waals surface area contributed by atoms with Gasteiger partial charge in [-0.05, 0) is 31.6 Å². The molecule has 0 aromatic carbocycles. The molecule has 18 heavy (non-hydrogen) atoms. The van der Waals surface area contributed by atoms with E-state index in [1.807, 2.05) is 0 Å². The lowest BCUT2D eigenvalue weighted by Crippen LogP contribution is -2.32. The summed E-state index contributed by atoms with van der Waals surface area (Å²) in [5.74, 6) is 0.539. The molecule has 1 aliphatic carbocycles. The molecule has 1 unspecified atom stereocenters. The molecule has 0 aromatic heterocycles. The molecule has 2 rings (SSSR count). The third-order valence-electron chi connectivity index (χ3n) is 4.05. The average Bonchev–Trinajstić information content (AvgIpc) is 2.59. The zero-order chi connectivity index (χ0) is 13.1. The van der Waals surface area contributed by atoms with Crippen LogP contribution >= 0.6 is 0 Å². The van der Waals surface area contributed by atoms with E-state index in [2.05, 4.69) is 13.8 Å². The fourth-order valence-electron chi connectivity index (χ4n) is 2.89. The molecule has 0 aromatic rings. The second-order valence-electron chi connectivity index (χ2n) is 5.63. The number of imide groups is 1. The van der Waals surface area contributed by atoms with Gasteiger partial charge in [-0.25, -0.2) is 0 Å². The van der Waals surface area contributed by atoms with Crippen LogP contribution in [0.25, 0.3) is 0 Å². The van der Waals surface area contributed by atoms with Gasteiger partial charge >= 0.3 is 0 Å². The molecule has 100 valence electrons. The third-order valence-corrected chi connectivity index (χ3v) is 4.05. The summed E-state index contributed by atoms with van der Waals surface area (Å²) >= 11 is 0. The Morgan fingerprint density at radius 1 is 1.11 bits per heavy atom. The van der Waals surface area contributed by atoms with E-state index in [0.29, 0.717) is 12.5 Å². The van der Waals surface area contributed by atoms with Crippen LogP contribution in [0.15, 0.2) is 11.1 Å². The van der Waals surface area contributed by atoms with Gasteiger partial charge in [0, 0.05) is 17.7 Å². The highest BCUT2D eigenvalue weighted by molar-refractivity contribution is 6.19. The Labute approximate surface area is 109 Å². The Hall–Kier alpha value is -1.12. The zero-order valence-corrected chi connectivity index (χ0v) is 11.5. The van der Waals surface area contributed by atoms with Crippen molar-refractivity contribution in [3.05, 3.63) is 11.1 Å². The summed E-state index contributed by atoms with van der Waals surface area (Å²) in [5, 5.41) is 0. The summed E-state index contributed by atoms with van der Waals surface area (Å²) in [4.78, 5) is 25.9. The van der Waals surface area contributed by atoms with Crippen LogP contribution in [0.5, 0.6) is 0 Å². The summed E-state index contributed by atoms with van der Waals surface area (Å²) in [6.07, 6.45) is 7.05. The van der Waals surface area contributed by atoms with Crippen LogP contribution < -0.4 is 0 Å². The number of rotatable bonds is 5. The number of hydrogen-bond donors (Lipinski definition) is 0. The molecule has 0 saturated heterocycles. The van der Waals surface area contributed by atoms with E-state index >= 15 is 0 Å². The van der Waals surface area contributed by atoms with E-state index in [1.165, 1.54) is 17.7 Å². The van der Waals surface area contributed by atoms with Crippen molar-refractivity contribution in [1.29, 1.82) is 0 Å². The molecule has 3 heteroatoms. The molecular formula is C15H23NO2. The zero-order valence-electron chi connectivity index (χ0n) is 11.5. The number of unbranched alkanes of at least 4 members (excludes halogenated alkanes) is 3. The molecule has 0 N–H and O–H groups in total. The van der Waals surface area contributed by atoms with Gasteiger partial charge in [-0.3, -0.25) is 14.5 Å². The molecule has 0 spiro atoms. The van der Waals surface area contributed by atoms with Gasteiger partial charge in [-0.2, -0.15) is 0 Å². The summed E-state index contributed by atoms with van der Waals surface area (Å²) in [6, 6.07) is 0. The minimum absolute atomic E-state index is 0.00148. The maximum Gasteiger partial charge on any atom is 0.257 e. The van der Waals surface area contributed by atoms with Crippen LogP contribution in [0.1, 0.15) is 58.8 Å². The van der Waals surface area contributed by atoms with Crippen molar-refractivity contribution >= 4 is 11.8 Å². The van der Waals surface area contributed by atoms with Gasteiger partial charge in [0.05, 0.1) is 0 Å². The maximum atomic E-state index is 12.2. The lowest BCUT2D eigenvalue weighted by Gasteiger charge is -2.16. The first-order chi connectivity index (χ1) is 8.65. The minimum Gasteiger partial charge on any atom is -0.275 e. The smallest absolute Gasteiger partial charge is 0.257 e. The van der Waals surface area contributed by atoms with Crippen LogP contribution in [0.4, 0.5) is 0 Å². The Bertz CT molecular complexity index is 384. The van der Waals surface area contributed by atoms with Crippen molar-refractivity contribution in [2.24, 2.45) is 5.92 Å². The Kier molecular flexibility index (Phi) is 4.20. The third kappa shape index (κ3) is 2.50. The van der Waals surface area contributed by atoms with E-state index in [0.717, 1.165) is 43.3 Å². The highest BCUT2D eigenvalue weighted by Crippen LogP contribution is 2.35. The molecule has 3 nitrogen and oxygen atoms in total. The number of amides is 2. The van der Waals surface area contributed by atoms with Crippen LogP contribution in [0, 0.1) is 5.92 Å². The van der Waals surface area contributed by atoms with E-state index in [-0.39, 0.29) is 11.8 Å². The largest absolute Gasteiger partial charge is 0.275 e. The van der Waals surface area contributed by atoms with Crippen molar-refractivity contribution in [3.8, 4) is 0 Å². The van der Waals surface area contributed by atoms with Crippen molar-refractivity contribution in [2.75, 3.05) is 6.54 Å². The van der Waals surface area contributed by atoms with Crippen LogP contribution in [0.3, 0.4) is 0 Å². The average molecular weight is 249 g/mol. The SMILES string of the molecule is CCCCCCN1C(=O)C2=C(CC(C)CC2)C1=O. The molecule has 1 heterocycles. The predicted octanol–water partition coefficient (Wildman–Crippen LogP) is 3.05. The van der Waals surface area contributed by atoms with Gasteiger partial charge in [-0.1, -0.05) is 33.1 Å². The standard InChI is InChI=1S/C15H23NO2/c1-3-4-5-6-9-16-14(17)12-8-7-11(2)10-13(12)15(16)18/h11H,3-10H2,1-2H3. The second-order valence-corrected chi connectivity index (χ2v) is 5.63. The van der Waals surface area contributed by atoms with E-state index in [4.69, 9.17) is 0 Å². The first-order valence-corrected chi connectivity index (χ1v) is 7.23. The fraction of sp³-hybridized carbons (Fsp3) is 0.733. The first-order valence-electron chi connectivity index (χ1n) is 7.23. The Morgan fingerprint density at radius 2 is 1.83 bits per heavy atom. The normalized spacial score (nSPS) is 23.9. The second kappa shape index (κ2) is 5.68. The van der Waals surface area contributed by atoms with Crippen molar-refractivity contribution in [2.45, 2.75) is 58.8 Å². The molecule has 1 aliphatic heterocycles. The predicted molar refractivity (Wildman–Crippen MR) is 70.9 cm³/mol. The van der Waals surface area contributed by atoms with Crippen LogP contribution in [-0.4, -0.2) is 23.3 Å². The van der Waals surface area contributed by atoms with Crippen LogP contribution in [-0.2, 0) is 9.59 Å². The van der Waals surface area contributed by atoms with E-state index in [9.17, 15) is 9.59 Å². The molecular weight excluding hydrogens is 226 g/mol. The van der Waals surface area contributed by atoms with Gasteiger partial charge in [0.2, 0.25) is 0 Å². The summed E-state index contributed by atoms with van der Waals surface area (Å²) in [7, 11) is 0. The molecule has 0 bridgehead atoms. The van der Waals surface area contributed by atoms with Crippen molar-refractivity contribution in [3.63, 3.8) is 0 Å². The van der Waals surface area contributed by atoms with E-state index < -0.39 is 0 Å². The highest BCUT2D eigenvalue weighted by Gasteiger charge is 2.39. The quantitative estimate of drug-likeness (QED) is 0.554. The lowest BCUT2D eigenvalue weighted by molar-refractivity contribution is -0.137. The monoisotopic (exact) mass is 249 g/mol. The lowest BCUT2D eigenvalue weighted by atomic mass is 9.86. The Balaban J connectivity index is 1.96. The summed E-state index contributed by atoms with van der Waals surface area (Å²) < 4.78 is 0. The first kappa shape index (κ1) is 13.3. The van der Waals surface area contributed by atoms with Gasteiger partial charge < -0.3 is 0 Å². The number of nitrogens with zero attached hydrogens (tertiary/aromatic N) is 1. The summed E-state index contributed by atoms with van der Waals surface area (Å²) in [5.41, 5.74) is 1.63. The minimum atomic E-state index is -0.00181. The number of carbonyl (C=O) groups is 2. The summed E-state index contributed by atoms with van der Waals surface area (Å²) in [6.45, 7) is 4.93. The van der Waals surface area contributed by atoms with Gasteiger partial charge in [0.25, 0.3) is 11.8 Å². The molecule has 0 fully saturated rings. The van der Waals surface area contributed by atoms with Gasteiger partial charge in [-0.15, -0.1) is 0 Å². The van der Waals surface area contributed by atoms with E-state index in [1.54, 1.807) is 0 Å². The molecule has 2 aliphatic rings. The topological polar surface area (TPSA) is 37.4 Å². The maximum absolute atomic E-state index is 12.2. The molecule has 2 amide bonds.